The molecule has 6 nitrogen and oxygen atoms in total. The molecule has 2 amide bonds. The lowest BCUT2D eigenvalue weighted by atomic mass is 9.98. The van der Waals surface area contributed by atoms with Crippen LogP contribution in [0, 0.1) is 6.92 Å². The summed E-state index contributed by atoms with van der Waals surface area (Å²) >= 11 is 6.07. The van der Waals surface area contributed by atoms with Crippen molar-refractivity contribution in [1.29, 1.82) is 0 Å². The normalized spacial score (nSPS) is 13.0. The first kappa shape index (κ1) is 19.0. The average Bonchev–Trinajstić information content (AvgIpc) is 2.69. The van der Waals surface area contributed by atoms with Crippen LogP contribution in [0.25, 0.3) is 0 Å². The molecule has 0 atom stereocenters. The van der Waals surface area contributed by atoms with Crippen molar-refractivity contribution in [2.24, 2.45) is 0 Å². The van der Waals surface area contributed by atoms with Crippen LogP contribution in [0.4, 0.5) is 5.69 Å². The average molecular weight is 389 g/mol. The van der Waals surface area contributed by atoms with Gasteiger partial charge in [0.25, 0.3) is 0 Å². The number of halogens is 1. The minimum Gasteiger partial charge on any atom is -0.493 e. The maximum absolute atomic E-state index is 12.6. The summed E-state index contributed by atoms with van der Waals surface area (Å²) in [6, 6.07) is 8.96. The molecule has 0 aliphatic carbocycles. The smallest absolute Gasteiger partial charge is 0.313 e. The van der Waals surface area contributed by atoms with Gasteiger partial charge >= 0.3 is 11.8 Å². The van der Waals surface area contributed by atoms with Gasteiger partial charge in [-0.1, -0.05) is 17.7 Å². The Morgan fingerprint density at radius 3 is 2.44 bits per heavy atom. The lowest BCUT2D eigenvalue weighted by molar-refractivity contribution is -0.143. The first-order valence-electron chi connectivity index (χ1n) is 8.53. The van der Waals surface area contributed by atoms with Gasteiger partial charge in [-0.15, -0.1) is 0 Å². The van der Waals surface area contributed by atoms with Crippen molar-refractivity contribution in [3.63, 3.8) is 0 Å². The Morgan fingerprint density at radius 1 is 1.11 bits per heavy atom. The molecule has 0 unspecified atom stereocenters. The van der Waals surface area contributed by atoms with Crippen LogP contribution in [0.1, 0.15) is 16.7 Å². The van der Waals surface area contributed by atoms with Crippen molar-refractivity contribution in [3.8, 4) is 11.5 Å². The van der Waals surface area contributed by atoms with E-state index in [0.717, 1.165) is 16.7 Å². The zero-order valence-electron chi connectivity index (χ0n) is 15.5. The summed E-state index contributed by atoms with van der Waals surface area (Å²) in [6.45, 7) is 2.60. The largest absolute Gasteiger partial charge is 0.493 e. The van der Waals surface area contributed by atoms with Crippen LogP contribution in [-0.4, -0.2) is 37.5 Å². The van der Waals surface area contributed by atoms with E-state index in [0.29, 0.717) is 41.7 Å². The van der Waals surface area contributed by atoms with Crippen LogP contribution < -0.4 is 14.8 Å². The van der Waals surface area contributed by atoms with Crippen LogP contribution in [0.15, 0.2) is 30.3 Å². The molecule has 0 fully saturated rings. The molecule has 0 saturated heterocycles. The summed E-state index contributed by atoms with van der Waals surface area (Å²) in [4.78, 5) is 26.6. The van der Waals surface area contributed by atoms with E-state index in [1.165, 1.54) is 4.90 Å². The molecule has 3 rings (SSSR count). The quantitative estimate of drug-likeness (QED) is 0.820. The SMILES string of the molecule is COc1cc2c(cc1OC)CN(C(=O)C(=O)Nc1cccc(Cl)c1C)CC2. The van der Waals surface area contributed by atoms with Crippen LogP contribution in [-0.2, 0) is 22.6 Å². The number of amides is 2. The molecule has 2 aromatic carbocycles. The number of hydrogen-bond acceptors (Lipinski definition) is 4. The molecule has 1 aliphatic heterocycles. The lowest BCUT2D eigenvalue weighted by Gasteiger charge is -2.29. The van der Waals surface area contributed by atoms with Gasteiger partial charge in [0, 0.05) is 23.8 Å². The van der Waals surface area contributed by atoms with E-state index in [-0.39, 0.29) is 0 Å². The molecule has 1 N–H and O–H groups in total. The van der Waals surface area contributed by atoms with Gasteiger partial charge in [0.05, 0.1) is 14.2 Å². The second kappa shape index (κ2) is 7.88. The highest BCUT2D eigenvalue weighted by molar-refractivity contribution is 6.40. The van der Waals surface area contributed by atoms with E-state index in [4.69, 9.17) is 21.1 Å². The third-order valence-corrected chi connectivity index (χ3v) is 5.12. The highest BCUT2D eigenvalue weighted by Gasteiger charge is 2.27. The van der Waals surface area contributed by atoms with Gasteiger partial charge < -0.3 is 19.7 Å². The highest BCUT2D eigenvalue weighted by atomic mass is 35.5. The third-order valence-electron chi connectivity index (χ3n) is 4.72. The molecule has 0 saturated carbocycles. The summed E-state index contributed by atoms with van der Waals surface area (Å²) < 4.78 is 10.7. The number of carbonyl (C=O) groups is 2. The fourth-order valence-electron chi connectivity index (χ4n) is 3.12. The lowest BCUT2D eigenvalue weighted by Crippen LogP contribution is -2.42. The standard InChI is InChI=1S/C20H21ClN2O4/c1-12-15(21)5-4-6-16(12)22-19(24)20(25)23-8-7-13-9-17(26-2)18(27-3)10-14(13)11-23/h4-6,9-10H,7-8,11H2,1-3H3,(H,22,24). The van der Waals surface area contributed by atoms with E-state index in [1.54, 1.807) is 39.3 Å². The number of fused-ring (bicyclic) bond motifs is 1. The van der Waals surface area contributed by atoms with Gasteiger partial charge in [-0.3, -0.25) is 9.59 Å². The van der Waals surface area contributed by atoms with Crippen molar-refractivity contribution in [2.45, 2.75) is 19.9 Å². The van der Waals surface area contributed by atoms with Gasteiger partial charge in [-0.2, -0.15) is 0 Å². The molecule has 0 radical (unpaired) electrons. The molecule has 0 aromatic heterocycles. The second-order valence-corrected chi connectivity index (χ2v) is 6.73. The van der Waals surface area contributed by atoms with Crippen LogP contribution >= 0.6 is 11.6 Å². The van der Waals surface area contributed by atoms with E-state index < -0.39 is 11.8 Å². The van der Waals surface area contributed by atoms with Crippen molar-refractivity contribution in [3.05, 3.63) is 52.0 Å². The molecule has 2 aromatic rings. The predicted octanol–water partition coefficient (Wildman–Crippen LogP) is 3.19. The van der Waals surface area contributed by atoms with E-state index in [2.05, 4.69) is 5.32 Å². The van der Waals surface area contributed by atoms with Gasteiger partial charge in [0.2, 0.25) is 0 Å². The third kappa shape index (κ3) is 3.85. The van der Waals surface area contributed by atoms with Crippen molar-refractivity contribution in [2.75, 3.05) is 26.1 Å². The summed E-state index contributed by atoms with van der Waals surface area (Å²) in [5.74, 6) is 0.00820. The molecule has 0 bridgehead atoms. The molecule has 1 aliphatic rings. The summed E-state index contributed by atoms with van der Waals surface area (Å²) in [7, 11) is 3.15. The van der Waals surface area contributed by atoms with E-state index in [9.17, 15) is 9.59 Å². The van der Waals surface area contributed by atoms with Gasteiger partial charge in [-0.25, -0.2) is 0 Å². The summed E-state index contributed by atoms with van der Waals surface area (Å²) in [5.41, 5.74) is 3.28. The predicted molar refractivity (Wildman–Crippen MR) is 103 cm³/mol. The molecular formula is C20H21ClN2O4. The number of anilines is 1. The van der Waals surface area contributed by atoms with Gasteiger partial charge in [0.15, 0.2) is 11.5 Å². The Labute approximate surface area is 163 Å². The molecule has 27 heavy (non-hydrogen) atoms. The number of nitrogens with one attached hydrogen (secondary N) is 1. The summed E-state index contributed by atoms with van der Waals surface area (Å²) in [5, 5.41) is 3.19. The van der Waals surface area contributed by atoms with E-state index in [1.807, 2.05) is 12.1 Å². The molecule has 7 heteroatoms. The summed E-state index contributed by atoms with van der Waals surface area (Å²) in [6.07, 6.45) is 0.644. The molecular weight excluding hydrogens is 368 g/mol. The fourth-order valence-corrected chi connectivity index (χ4v) is 3.29. The second-order valence-electron chi connectivity index (χ2n) is 6.32. The zero-order chi connectivity index (χ0) is 19.6. The maximum atomic E-state index is 12.6. The number of rotatable bonds is 3. The zero-order valence-corrected chi connectivity index (χ0v) is 16.2. The number of benzene rings is 2. The first-order valence-corrected chi connectivity index (χ1v) is 8.91. The maximum Gasteiger partial charge on any atom is 0.313 e. The van der Waals surface area contributed by atoms with Crippen molar-refractivity contribution in [1.82, 2.24) is 4.90 Å². The molecule has 0 spiro atoms. The van der Waals surface area contributed by atoms with E-state index >= 15 is 0 Å². The Hall–Kier alpha value is -2.73. The van der Waals surface area contributed by atoms with Crippen LogP contribution in [0.2, 0.25) is 5.02 Å². The number of methoxy groups -OCH3 is 2. The Bertz CT molecular complexity index is 898. The van der Waals surface area contributed by atoms with Crippen LogP contribution in [0.5, 0.6) is 11.5 Å². The first-order chi connectivity index (χ1) is 12.9. The minimum absolute atomic E-state index is 0.344. The van der Waals surface area contributed by atoms with Gasteiger partial charge in [-0.05, 0) is 54.3 Å². The minimum atomic E-state index is -0.677. The monoisotopic (exact) mass is 388 g/mol. The van der Waals surface area contributed by atoms with Crippen LogP contribution in [0.3, 0.4) is 0 Å². The Morgan fingerprint density at radius 2 is 1.78 bits per heavy atom. The molecule has 142 valence electrons. The Kier molecular flexibility index (Phi) is 5.56. The number of hydrogen-bond donors (Lipinski definition) is 1. The number of ether oxygens (including phenoxy) is 2. The molecule has 1 heterocycles. The Balaban J connectivity index is 1.75. The van der Waals surface area contributed by atoms with Crippen molar-refractivity contribution < 1.29 is 19.1 Å². The number of carbonyl (C=O) groups excluding carboxylic acids is 2. The fraction of sp³-hybridized carbons (Fsp3) is 0.300. The van der Waals surface area contributed by atoms with Gasteiger partial charge in [0.1, 0.15) is 0 Å². The number of nitrogens with zero attached hydrogens (tertiary/aromatic N) is 1. The topological polar surface area (TPSA) is 67.9 Å². The van der Waals surface area contributed by atoms with Crippen molar-refractivity contribution >= 4 is 29.1 Å². The highest BCUT2D eigenvalue weighted by Crippen LogP contribution is 2.33.